The molecule has 1 aliphatic rings. The predicted octanol–water partition coefficient (Wildman–Crippen LogP) is 2.16. The van der Waals surface area contributed by atoms with Crippen molar-refractivity contribution in [1.82, 2.24) is 5.32 Å². The summed E-state index contributed by atoms with van der Waals surface area (Å²) in [4.78, 5) is 12.1. The summed E-state index contributed by atoms with van der Waals surface area (Å²) < 4.78 is 12.9. The van der Waals surface area contributed by atoms with E-state index in [-0.39, 0.29) is 36.2 Å². The van der Waals surface area contributed by atoms with Crippen LogP contribution in [0.2, 0.25) is 0 Å². The smallest absolute Gasteiger partial charge is 0.223 e. The minimum absolute atomic E-state index is 0.0106. The molecule has 2 rings (SSSR count). The number of benzene rings is 1. The molecule has 0 radical (unpaired) electrons. The van der Waals surface area contributed by atoms with Gasteiger partial charge in [0.2, 0.25) is 5.91 Å². The van der Waals surface area contributed by atoms with Gasteiger partial charge in [0.25, 0.3) is 0 Å². The largest absolute Gasteiger partial charge is 0.396 e. The third-order valence-electron chi connectivity index (χ3n) is 3.62. The zero-order valence-electron chi connectivity index (χ0n) is 11.5. The van der Waals surface area contributed by atoms with Crippen molar-refractivity contribution in [2.24, 2.45) is 5.92 Å². The molecule has 1 aromatic carbocycles. The molecule has 1 aromatic rings. The molecule has 5 heteroatoms. The van der Waals surface area contributed by atoms with E-state index < -0.39 is 0 Å². The van der Waals surface area contributed by atoms with E-state index in [0.717, 1.165) is 17.7 Å². The first kappa shape index (κ1) is 15.3. The molecule has 20 heavy (non-hydrogen) atoms. The maximum Gasteiger partial charge on any atom is 0.223 e. The second-order valence-electron chi connectivity index (χ2n) is 5.17. The number of aliphatic hydroxyl groups is 1. The highest BCUT2D eigenvalue weighted by Crippen LogP contribution is 2.47. The summed E-state index contributed by atoms with van der Waals surface area (Å²) in [5.41, 5.74) is 1.02. The summed E-state index contributed by atoms with van der Waals surface area (Å²) in [5, 5.41) is 12.0. The van der Waals surface area contributed by atoms with Gasteiger partial charge in [-0.05, 0) is 42.7 Å². The number of aliphatic hydroxyl groups excluding tert-OH is 1. The molecular weight excluding hydrogens is 277 g/mol. The van der Waals surface area contributed by atoms with Crippen molar-refractivity contribution >= 4 is 17.7 Å². The molecule has 3 nitrogen and oxygen atoms in total. The fraction of sp³-hybridized carbons (Fsp3) is 0.533. The van der Waals surface area contributed by atoms with E-state index in [4.69, 9.17) is 5.11 Å². The SMILES string of the molecule is CSCC(CCO)NC(=O)C1CC1c1ccc(F)cc1. The van der Waals surface area contributed by atoms with Crippen molar-refractivity contribution < 1.29 is 14.3 Å². The first-order valence-corrected chi connectivity index (χ1v) is 8.20. The van der Waals surface area contributed by atoms with Gasteiger partial charge in [-0.2, -0.15) is 11.8 Å². The fourth-order valence-electron chi connectivity index (χ4n) is 2.43. The first-order chi connectivity index (χ1) is 9.65. The predicted molar refractivity (Wildman–Crippen MR) is 79.3 cm³/mol. The van der Waals surface area contributed by atoms with Crippen molar-refractivity contribution in [3.8, 4) is 0 Å². The summed E-state index contributed by atoms with van der Waals surface area (Å²) >= 11 is 1.66. The van der Waals surface area contributed by atoms with Crippen molar-refractivity contribution in [2.45, 2.75) is 24.8 Å². The molecule has 0 aliphatic heterocycles. The Morgan fingerprint density at radius 3 is 2.80 bits per heavy atom. The van der Waals surface area contributed by atoms with Gasteiger partial charge in [-0.3, -0.25) is 4.79 Å². The van der Waals surface area contributed by atoms with Crippen LogP contribution in [0.15, 0.2) is 24.3 Å². The lowest BCUT2D eigenvalue weighted by molar-refractivity contribution is -0.123. The van der Waals surface area contributed by atoms with E-state index in [1.807, 2.05) is 6.26 Å². The van der Waals surface area contributed by atoms with E-state index in [0.29, 0.717) is 6.42 Å². The topological polar surface area (TPSA) is 49.3 Å². The molecular formula is C15H20FNO2S. The number of hydrogen-bond acceptors (Lipinski definition) is 3. The second kappa shape index (κ2) is 7.09. The molecule has 1 saturated carbocycles. The van der Waals surface area contributed by atoms with E-state index >= 15 is 0 Å². The van der Waals surface area contributed by atoms with Crippen molar-refractivity contribution in [3.63, 3.8) is 0 Å². The van der Waals surface area contributed by atoms with Crippen LogP contribution in [-0.2, 0) is 4.79 Å². The van der Waals surface area contributed by atoms with E-state index in [1.54, 1.807) is 23.9 Å². The minimum Gasteiger partial charge on any atom is -0.396 e. The Bertz CT molecular complexity index is 446. The summed E-state index contributed by atoms with van der Waals surface area (Å²) in [5.74, 6) is 0.800. The van der Waals surface area contributed by atoms with Crippen molar-refractivity contribution in [3.05, 3.63) is 35.6 Å². The highest BCUT2D eigenvalue weighted by molar-refractivity contribution is 7.98. The lowest BCUT2D eigenvalue weighted by atomic mass is 10.1. The van der Waals surface area contributed by atoms with Crippen LogP contribution in [-0.4, -0.2) is 35.7 Å². The van der Waals surface area contributed by atoms with Gasteiger partial charge in [0.15, 0.2) is 0 Å². The molecule has 2 N–H and O–H groups in total. The standard InChI is InChI=1S/C15H20FNO2S/c1-20-9-12(6-7-18)17-15(19)14-8-13(14)10-2-4-11(16)5-3-10/h2-5,12-14,18H,6-9H2,1H3,(H,17,19). The third-order valence-corrected chi connectivity index (χ3v) is 4.35. The third kappa shape index (κ3) is 3.96. The molecule has 0 spiro atoms. The number of carbonyl (C=O) groups excluding carboxylic acids is 1. The molecule has 3 unspecified atom stereocenters. The Labute approximate surface area is 123 Å². The quantitative estimate of drug-likeness (QED) is 0.811. The van der Waals surface area contributed by atoms with Crippen LogP contribution < -0.4 is 5.32 Å². The van der Waals surface area contributed by atoms with Crippen LogP contribution >= 0.6 is 11.8 Å². The molecule has 0 heterocycles. The van der Waals surface area contributed by atoms with E-state index in [2.05, 4.69) is 5.32 Å². The lowest BCUT2D eigenvalue weighted by Crippen LogP contribution is -2.38. The highest BCUT2D eigenvalue weighted by atomic mass is 32.2. The maximum atomic E-state index is 12.9. The van der Waals surface area contributed by atoms with Crippen LogP contribution in [0.1, 0.15) is 24.3 Å². The Morgan fingerprint density at radius 2 is 2.20 bits per heavy atom. The number of amides is 1. The molecule has 1 amide bonds. The summed E-state index contributed by atoms with van der Waals surface area (Å²) in [6.07, 6.45) is 3.39. The average molecular weight is 297 g/mol. The first-order valence-electron chi connectivity index (χ1n) is 6.81. The second-order valence-corrected chi connectivity index (χ2v) is 6.08. The summed E-state index contributed by atoms with van der Waals surface area (Å²) in [6.45, 7) is 0.0809. The van der Waals surface area contributed by atoms with E-state index in [1.165, 1.54) is 12.1 Å². The summed E-state index contributed by atoms with van der Waals surface area (Å²) in [6, 6.07) is 6.40. The normalized spacial score (nSPS) is 22.4. The number of thioether (sulfide) groups is 1. The Morgan fingerprint density at radius 1 is 1.50 bits per heavy atom. The highest BCUT2D eigenvalue weighted by Gasteiger charge is 2.44. The monoisotopic (exact) mass is 297 g/mol. The van der Waals surface area contributed by atoms with Crippen LogP contribution in [0, 0.1) is 11.7 Å². The zero-order valence-corrected chi connectivity index (χ0v) is 12.3. The average Bonchev–Trinajstić information content (AvgIpc) is 3.20. The Balaban J connectivity index is 1.87. The van der Waals surface area contributed by atoms with Crippen LogP contribution in [0.5, 0.6) is 0 Å². The molecule has 1 fully saturated rings. The number of carbonyl (C=O) groups is 1. The van der Waals surface area contributed by atoms with Gasteiger partial charge in [0.05, 0.1) is 0 Å². The van der Waals surface area contributed by atoms with Gasteiger partial charge in [0, 0.05) is 24.3 Å². The molecule has 0 bridgehead atoms. The number of rotatable bonds is 7. The molecule has 3 atom stereocenters. The van der Waals surface area contributed by atoms with Crippen LogP contribution in [0.4, 0.5) is 4.39 Å². The van der Waals surface area contributed by atoms with Gasteiger partial charge < -0.3 is 10.4 Å². The molecule has 1 aliphatic carbocycles. The van der Waals surface area contributed by atoms with Crippen LogP contribution in [0.3, 0.4) is 0 Å². The fourth-order valence-corrected chi connectivity index (χ4v) is 3.08. The maximum absolute atomic E-state index is 12.9. The van der Waals surface area contributed by atoms with Gasteiger partial charge in [-0.1, -0.05) is 12.1 Å². The molecule has 110 valence electrons. The zero-order chi connectivity index (χ0) is 14.5. The molecule has 0 aromatic heterocycles. The van der Waals surface area contributed by atoms with Crippen LogP contribution in [0.25, 0.3) is 0 Å². The van der Waals surface area contributed by atoms with E-state index in [9.17, 15) is 9.18 Å². The summed E-state index contributed by atoms with van der Waals surface area (Å²) in [7, 11) is 0. The minimum atomic E-state index is -0.251. The Hall–Kier alpha value is -1.07. The number of halogens is 1. The number of hydrogen-bond donors (Lipinski definition) is 2. The van der Waals surface area contributed by atoms with Gasteiger partial charge in [-0.15, -0.1) is 0 Å². The Kier molecular flexibility index (Phi) is 5.43. The lowest BCUT2D eigenvalue weighted by Gasteiger charge is -2.16. The molecule has 0 saturated heterocycles. The van der Waals surface area contributed by atoms with Gasteiger partial charge in [-0.25, -0.2) is 4.39 Å². The van der Waals surface area contributed by atoms with Gasteiger partial charge >= 0.3 is 0 Å². The number of nitrogens with one attached hydrogen (secondary N) is 1. The van der Waals surface area contributed by atoms with Crippen molar-refractivity contribution in [2.75, 3.05) is 18.6 Å². The van der Waals surface area contributed by atoms with Gasteiger partial charge in [0.1, 0.15) is 5.82 Å². The van der Waals surface area contributed by atoms with Crippen molar-refractivity contribution in [1.29, 1.82) is 0 Å².